The van der Waals surface area contributed by atoms with Crippen molar-refractivity contribution in [3.8, 4) is 0 Å². The Morgan fingerprint density at radius 2 is 2.00 bits per heavy atom. The van der Waals surface area contributed by atoms with E-state index in [1.54, 1.807) is 0 Å². The van der Waals surface area contributed by atoms with Gasteiger partial charge in [0.25, 0.3) is 5.91 Å². The van der Waals surface area contributed by atoms with Gasteiger partial charge in [-0.25, -0.2) is 0 Å². The molecule has 102 valence electrons. The highest BCUT2D eigenvalue weighted by molar-refractivity contribution is 5.94. The van der Waals surface area contributed by atoms with Gasteiger partial charge < -0.3 is 16.0 Å². The zero-order valence-electron chi connectivity index (χ0n) is 11.1. The Labute approximate surface area is 112 Å². The smallest absolute Gasteiger partial charge is 0.251 e. The average Bonchev–Trinajstić information content (AvgIpc) is 2.42. The number of carbonyl (C=O) groups excluding carboxylic acids is 2. The molecular weight excluding hydrogens is 242 g/mol. The maximum atomic E-state index is 11.9. The average molecular weight is 261 g/mol. The number of hydrogen-bond donors (Lipinski definition) is 3. The van der Waals surface area contributed by atoms with E-state index in [-0.39, 0.29) is 11.8 Å². The van der Waals surface area contributed by atoms with Crippen molar-refractivity contribution in [3.63, 3.8) is 0 Å². The van der Waals surface area contributed by atoms with Crippen LogP contribution in [0, 0.1) is 0 Å². The maximum absolute atomic E-state index is 11.9. The van der Waals surface area contributed by atoms with Crippen molar-refractivity contribution < 1.29 is 9.59 Å². The van der Waals surface area contributed by atoms with E-state index < -0.39 is 0 Å². The summed E-state index contributed by atoms with van der Waals surface area (Å²) in [6, 6.07) is 5.83. The standard InChI is InChI=1S/C14H19N3O2/c1-10(18)16-6-7-17-14(19)12-3-2-11-4-5-15-9-13(11)8-12/h2-3,8,15H,4-7,9H2,1H3,(H,16,18)(H,17,19). The van der Waals surface area contributed by atoms with E-state index in [1.807, 2.05) is 18.2 Å². The van der Waals surface area contributed by atoms with E-state index in [0.29, 0.717) is 18.7 Å². The van der Waals surface area contributed by atoms with Crippen molar-refractivity contribution in [1.82, 2.24) is 16.0 Å². The molecule has 2 rings (SSSR count). The Bertz CT molecular complexity index is 486. The van der Waals surface area contributed by atoms with Crippen LogP contribution >= 0.6 is 0 Å². The van der Waals surface area contributed by atoms with Gasteiger partial charge in [0.2, 0.25) is 5.91 Å². The zero-order valence-corrected chi connectivity index (χ0v) is 11.1. The Morgan fingerprint density at radius 1 is 1.21 bits per heavy atom. The van der Waals surface area contributed by atoms with Gasteiger partial charge in [-0.3, -0.25) is 9.59 Å². The third-order valence-electron chi connectivity index (χ3n) is 3.14. The van der Waals surface area contributed by atoms with E-state index in [1.165, 1.54) is 18.1 Å². The number of amides is 2. The van der Waals surface area contributed by atoms with Gasteiger partial charge in [0.15, 0.2) is 0 Å². The van der Waals surface area contributed by atoms with Gasteiger partial charge in [0, 0.05) is 32.1 Å². The molecule has 0 atom stereocenters. The second-order valence-electron chi connectivity index (χ2n) is 4.65. The first-order valence-electron chi connectivity index (χ1n) is 6.52. The third kappa shape index (κ3) is 3.79. The molecule has 2 amide bonds. The van der Waals surface area contributed by atoms with Crippen LogP contribution in [-0.2, 0) is 17.8 Å². The van der Waals surface area contributed by atoms with Crippen molar-refractivity contribution in [3.05, 3.63) is 34.9 Å². The Hall–Kier alpha value is -1.88. The molecule has 5 nitrogen and oxygen atoms in total. The van der Waals surface area contributed by atoms with Gasteiger partial charge in [0.1, 0.15) is 0 Å². The number of nitrogens with one attached hydrogen (secondary N) is 3. The summed E-state index contributed by atoms with van der Waals surface area (Å²) in [5.74, 6) is -0.187. The van der Waals surface area contributed by atoms with Crippen LogP contribution in [0.4, 0.5) is 0 Å². The van der Waals surface area contributed by atoms with Crippen molar-refractivity contribution in [2.45, 2.75) is 19.9 Å². The van der Waals surface area contributed by atoms with E-state index >= 15 is 0 Å². The second-order valence-corrected chi connectivity index (χ2v) is 4.65. The predicted octanol–water partition coefficient (Wildman–Crippen LogP) is 0.198. The summed E-state index contributed by atoms with van der Waals surface area (Å²) in [6.07, 6.45) is 1.01. The SMILES string of the molecule is CC(=O)NCCNC(=O)c1ccc2c(c1)CNCC2. The fraction of sp³-hybridized carbons (Fsp3) is 0.429. The van der Waals surface area contributed by atoms with Crippen molar-refractivity contribution >= 4 is 11.8 Å². The highest BCUT2D eigenvalue weighted by Gasteiger charge is 2.12. The summed E-state index contributed by atoms with van der Waals surface area (Å²) >= 11 is 0. The molecule has 0 unspecified atom stereocenters. The number of benzene rings is 1. The van der Waals surface area contributed by atoms with Gasteiger partial charge in [-0.1, -0.05) is 6.07 Å². The summed E-state index contributed by atoms with van der Waals surface area (Å²) in [5.41, 5.74) is 3.18. The molecule has 0 aliphatic carbocycles. The van der Waals surface area contributed by atoms with E-state index in [2.05, 4.69) is 16.0 Å². The number of fused-ring (bicyclic) bond motifs is 1. The second kappa shape index (κ2) is 6.33. The van der Waals surface area contributed by atoms with E-state index in [0.717, 1.165) is 19.5 Å². The summed E-state index contributed by atoms with van der Waals surface area (Å²) in [5, 5.41) is 8.72. The van der Waals surface area contributed by atoms with Gasteiger partial charge in [0.05, 0.1) is 0 Å². The topological polar surface area (TPSA) is 70.2 Å². The molecule has 0 aromatic heterocycles. The molecule has 0 spiro atoms. The van der Waals surface area contributed by atoms with Crippen LogP contribution < -0.4 is 16.0 Å². The van der Waals surface area contributed by atoms with Gasteiger partial charge in [-0.2, -0.15) is 0 Å². The molecule has 1 heterocycles. The summed E-state index contributed by atoms with van der Waals surface area (Å²) in [4.78, 5) is 22.6. The minimum atomic E-state index is -0.0984. The lowest BCUT2D eigenvalue weighted by molar-refractivity contribution is -0.118. The molecule has 1 aromatic rings. The molecule has 0 saturated carbocycles. The predicted molar refractivity (Wildman–Crippen MR) is 72.9 cm³/mol. The molecule has 0 saturated heterocycles. The Morgan fingerprint density at radius 3 is 2.79 bits per heavy atom. The van der Waals surface area contributed by atoms with Crippen LogP contribution in [0.15, 0.2) is 18.2 Å². The summed E-state index contributed by atoms with van der Waals surface area (Å²) in [7, 11) is 0. The van der Waals surface area contributed by atoms with Crippen molar-refractivity contribution in [1.29, 1.82) is 0 Å². The van der Waals surface area contributed by atoms with E-state index in [4.69, 9.17) is 0 Å². The van der Waals surface area contributed by atoms with Crippen molar-refractivity contribution in [2.24, 2.45) is 0 Å². The highest BCUT2D eigenvalue weighted by Crippen LogP contribution is 2.15. The molecular formula is C14H19N3O2. The van der Waals surface area contributed by atoms with Crippen LogP contribution in [0.3, 0.4) is 0 Å². The quantitative estimate of drug-likeness (QED) is 0.678. The summed E-state index contributed by atoms with van der Waals surface area (Å²) < 4.78 is 0. The fourth-order valence-electron chi connectivity index (χ4n) is 2.14. The molecule has 0 radical (unpaired) electrons. The monoisotopic (exact) mass is 261 g/mol. The van der Waals surface area contributed by atoms with Crippen LogP contribution in [0.2, 0.25) is 0 Å². The molecule has 5 heteroatoms. The van der Waals surface area contributed by atoms with Crippen LogP contribution in [-0.4, -0.2) is 31.4 Å². The van der Waals surface area contributed by atoms with Gasteiger partial charge in [-0.15, -0.1) is 0 Å². The number of hydrogen-bond acceptors (Lipinski definition) is 3. The lowest BCUT2D eigenvalue weighted by Crippen LogP contribution is -2.33. The molecule has 1 aliphatic rings. The molecule has 0 fully saturated rings. The molecule has 1 aliphatic heterocycles. The molecule has 19 heavy (non-hydrogen) atoms. The van der Waals surface area contributed by atoms with Crippen LogP contribution in [0.1, 0.15) is 28.4 Å². The van der Waals surface area contributed by atoms with E-state index in [9.17, 15) is 9.59 Å². The Balaban J connectivity index is 1.90. The first kappa shape index (κ1) is 13.5. The molecule has 1 aromatic carbocycles. The summed E-state index contributed by atoms with van der Waals surface area (Å²) in [6.45, 7) is 4.16. The van der Waals surface area contributed by atoms with Crippen LogP contribution in [0.25, 0.3) is 0 Å². The minimum Gasteiger partial charge on any atom is -0.355 e. The minimum absolute atomic E-state index is 0.0888. The largest absolute Gasteiger partial charge is 0.355 e. The lowest BCUT2D eigenvalue weighted by atomic mass is 9.98. The molecule has 0 bridgehead atoms. The van der Waals surface area contributed by atoms with Crippen molar-refractivity contribution in [2.75, 3.05) is 19.6 Å². The maximum Gasteiger partial charge on any atom is 0.251 e. The highest BCUT2D eigenvalue weighted by atomic mass is 16.2. The van der Waals surface area contributed by atoms with Crippen LogP contribution in [0.5, 0.6) is 0 Å². The lowest BCUT2D eigenvalue weighted by Gasteiger charge is -2.17. The normalized spacial score (nSPS) is 13.5. The first-order chi connectivity index (χ1) is 9.16. The fourth-order valence-corrected chi connectivity index (χ4v) is 2.14. The van der Waals surface area contributed by atoms with Gasteiger partial charge >= 0.3 is 0 Å². The third-order valence-corrected chi connectivity index (χ3v) is 3.14. The first-order valence-corrected chi connectivity index (χ1v) is 6.52. The molecule has 3 N–H and O–H groups in total. The zero-order chi connectivity index (χ0) is 13.7. The van der Waals surface area contributed by atoms with Gasteiger partial charge in [-0.05, 0) is 36.2 Å². The number of carbonyl (C=O) groups is 2. The Kier molecular flexibility index (Phi) is 4.52. The number of rotatable bonds is 4.